The summed E-state index contributed by atoms with van der Waals surface area (Å²) in [7, 11) is 0. The molecule has 0 unspecified atom stereocenters. The molecule has 2 aromatic rings. The molecule has 8 heteroatoms. The van der Waals surface area contributed by atoms with Crippen molar-refractivity contribution >= 4 is 40.6 Å². The number of hydrogen-bond donors (Lipinski definition) is 2. The van der Waals surface area contributed by atoms with Gasteiger partial charge in [0.25, 0.3) is 5.91 Å². The number of nitrogens with zero attached hydrogens (tertiary/aromatic N) is 1. The maximum absolute atomic E-state index is 12.2. The molecular weight excluding hydrogens is 368 g/mol. The molecule has 7 nitrogen and oxygen atoms in total. The largest absolute Gasteiger partial charge is 0.870 e. The number of nitrogens with one attached hydrogen (secondary N) is 1. The van der Waals surface area contributed by atoms with Crippen LogP contribution in [0.4, 0.5) is 5.69 Å². The molecule has 1 fully saturated rings. The zero-order chi connectivity index (χ0) is 19.4. The number of carbonyl (C=O) groups excluding carboxylic acids is 1. The zero-order valence-electron chi connectivity index (χ0n) is 14.3. The van der Waals surface area contributed by atoms with Crippen molar-refractivity contribution in [1.82, 2.24) is 5.32 Å². The molecule has 1 saturated heterocycles. The van der Waals surface area contributed by atoms with Crippen LogP contribution in [-0.2, 0) is 4.79 Å². The molecule has 0 spiro atoms. The summed E-state index contributed by atoms with van der Waals surface area (Å²) in [4.78, 5) is 28.1. The Kier molecular flexibility index (Phi) is 5.46. The van der Waals surface area contributed by atoms with E-state index in [2.05, 4.69) is 10.3 Å². The third-order valence-electron chi connectivity index (χ3n) is 3.57. The Hall–Kier alpha value is -3.26. The minimum atomic E-state index is -1.10. The number of carbonyl (C=O) groups is 2. The number of aliphatic imine (C=N–C) groups is 1. The SMILES string of the molecule is CCOc1cc(/C=C2\SC(=Nc3ccccc3C(=O)O)NC2=O)ccc1[O-]. The number of hydrogen-bond acceptors (Lipinski definition) is 6. The van der Waals surface area contributed by atoms with Crippen LogP contribution in [0.25, 0.3) is 6.08 Å². The summed E-state index contributed by atoms with van der Waals surface area (Å²) in [5.74, 6) is -1.45. The van der Waals surface area contributed by atoms with Gasteiger partial charge in [-0.15, -0.1) is 0 Å². The summed E-state index contributed by atoms with van der Waals surface area (Å²) in [6.07, 6.45) is 1.62. The number of para-hydroxylation sites is 1. The first-order valence-electron chi connectivity index (χ1n) is 8.03. The van der Waals surface area contributed by atoms with Crippen LogP contribution in [0.2, 0.25) is 0 Å². The summed E-state index contributed by atoms with van der Waals surface area (Å²) in [5, 5.41) is 23.8. The molecule has 1 amide bonds. The van der Waals surface area contributed by atoms with Crippen molar-refractivity contribution in [3.05, 3.63) is 58.5 Å². The summed E-state index contributed by atoms with van der Waals surface area (Å²) in [6, 6.07) is 10.8. The normalized spacial score (nSPS) is 16.6. The monoisotopic (exact) mass is 383 g/mol. The van der Waals surface area contributed by atoms with E-state index in [4.69, 9.17) is 4.74 Å². The first-order chi connectivity index (χ1) is 13.0. The van der Waals surface area contributed by atoms with Gasteiger partial charge in [0.1, 0.15) is 5.75 Å². The second-order valence-corrected chi connectivity index (χ2v) is 6.47. The van der Waals surface area contributed by atoms with E-state index in [9.17, 15) is 19.8 Å². The second-order valence-electron chi connectivity index (χ2n) is 5.44. The lowest BCUT2D eigenvalue weighted by Gasteiger charge is -2.13. The third kappa shape index (κ3) is 4.29. The van der Waals surface area contributed by atoms with Gasteiger partial charge < -0.3 is 20.3 Å². The molecule has 2 N–H and O–H groups in total. The van der Waals surface area contributed by atoms with Gasteiger partial charge in [0, 0.05) is 0 Å². The van der Waals surface area contributed by atoms with Gasteiger partial charge in [0.05, 0.1) is 22.8 Å². The summed E-state index contributed by atoms with van der Waals surface area (Å²) >= 11 is 1.09. The van der Waals surface area contributed by atoms with Crippen molar-refractivity contribution in [2.75, 3.05) is 6.61 Å². The first kappa shape index (κ1) is 18.5. The lowest BCUT2D eigenvalue weighted by molar-refractivity contribution is -0.270. The van der Waals surface area contributed by atoms with Gasteiger partial charge in [0.15, 0.2) is 5.17 Å². The Balaban J connectivity index is 1.87. The predicted octanol–water partition coefficient (Wildman–Crippen LogP) is 2.75. The molecule has 138 valence electrons. The second kappa shape index (κ2) is 7.96. The Morgan fingerprint density at radius 3 is 2.85 bits per heavy atom. The van der Waals surface area contributed by atoms with Gasteiger partial charge in [-0.2, -0.15) is 0 Å². The first-order valence-corrected chi connectivity index (χ1v) is 8.85. The highest BCUT2D eigenvalue weighted by molar-refractivity contribution is 8.18. The topological polar surface area (TPSA) is 111 Å². The summed E-state index contributed by atoms with van der Waals surface area (Å²) < 4.78 is 5.28. The minimum Gasteiger partial charge on any atom is -0.870 e. The highest BCUT2D eigenvalue weighted by Crippen LogP contribution is 2.31. The van der Waals surface area contributed by atoms with Crippen molar-refractivity contribution < 1.29 is 24.5 Å². The Bertz CT molecular complexity index is 968. The Labute approximate surface area is 159 Å². The van der Waals surface area contributed by atoms with Crippen LogP contribution in [0.3, 0.4) is 0 Å². The highest BCUT2D eigenvalue weighted by Gasteiger charge is 2.24. The average molecular weight is 383 g/mol. The fourth-order valence-electron chi connectivity index (χ4n) is 2.38. The number of amidine groups is 1. The number of ether oxygens (including phenoxy) is 1. The number of amides is 1. The van der Waals surface area contributed by atoms with Crippen molar-refractivity contribution in [2.24, 2.45) is 4.99 Å². The van der Waals surface area contributed by atoms with E-state index in [1.807, 2.05) is 0 Å². The summed E-state index contributed by atoms with van der Waals surface area (Å²) in [5.41, 5.74) is 0.941. The van der Waals surface area contributed by atoms with E-state index in [1.165, 1.54) is 12.1 Å². The predicted molar refractivity (Wildman–Crippen MR) is 101 cm³/mol. The van der Waals surface area contributed by atoms with Crippen molar-refractivity contribution in [2.45, 2.75) is 6.92 Å². The fourth-order valence-corrected chi connectivity index (χ4v) is 3.21. The van der Waals surface area contributed by atoms with Crippen LogP contribution >= 0.6 is 11.8 Å². The number of benzene rings is 2. The van der Waals surface area contributed by atoms with E-state index in [0.29, 0.717) is 17.1 Å². The van der Waals surface area contributed by atoms with E-state index in [0.717, 1.165) is 11.8 Å². The average Bonchev–Trinajstić information content (AvgIpc) is 2.97. The molecule has 27 heavy (non-hydrogen) atoms. The van der Waals surface area contributed by atoms with E-state index >= 15 is 0 Å². The molecule has 1 aliphatic heterocycles. The standard InChI is InChI=1S/C19H16N2O5S/c1-2-26-15-9-11(7-8-14(15)22)10-16-17(23)21-19(27-16)20-13-6-4-3-5-12(13)18(24)25/h3-10,22H,2H2,1H3,(H,24,25)(H,20,21,23)/p-1/b16-10-. The number of carboxylic acids is 1. The van der Waals surface area contributed by atoms with Gasteiger partial charge in [-0.05, 0) is 48.5 Å². The number of aromatic carboxylic acids is 1. The van der Waals surface area contributed by atoms with Crippen LogP contribution < -0.4 is 15.2 Å². The molecule has 3 rings (SSSR count). The minimum absolute atomic E-state index is 0.0460. The molecule has 0 bridgehead atoms. The Morgan fingerprint density at radius 2 is 2.11 bits per heavy atom. The fraction of sp³-hybridized carbons (Fsp3) is 0.105. The zero-order valence-corrected chi connectivity index (χ0v) is 15.1. The van der Waals surface area contributed by atoms with Gasteiger partial charge in [-0.1, -0.05) is 30.0 Å². The van der Waals surface area contributed by atoms with Gasteiger partial charge in [0.2, 0.25) is 0 Å². The third-order valence-corrected chi connectivity index (χ3v) is 4.48. The molecular formula is C19H15N2O5S-. The van der Waals surface area contributed by atoms with Gasteiger partial charge in [-0.3, -0.25) is 4.79 Å². The molecule has 0 aliphatic carbocycles. The lowest BCUT2D eigenvalue weighted by Crippen LogP contribution is -2.19. The van der Waals surface area contributed by atoms with E-state index < -0.39 is 5.97 Å². The van der Waals surface area contributed by atoms with Crippen LogP contribution in [0.1, 0.15) is 22.8 Å². The van der Waals surface area contributed by atoms with E-state index in [-0.39, 0.29) is 33.8 Å². The number of rotatable bonds is 5. The van der Waals surface area contributed by atoms with Crippen molar-refractivity contribution in [3.63, 3.8) is 0 Å². The molecule has 0 radical (unpaired) electrons. The smallest absolute Gasteiger partial charge is 0.337 e. The summed E-state index contributed by atoms with van der Waals surface area (Å²) in [6.45, 7) is 2.15. The number of thioether (sulfide) groups is 1. The van der Waals surface area contributed by atoms with Crippen molar-refractivity contribution in [1.29, 1.82) is 0 Å². The molecule has 1 aliphatic rings. The van der Waals surface area contributed by atoms with Crippen LogP contribution in [0, 0.1) is 0 Å². The quantitative estimate of drug-likeness (QED) is 0.768. The maximum Gasteiger partial charge on any atom is 0.337 e. The molecule has 0 saturated carbocycles. The molecule has 0 aromatic heterocycles. The number of carboxylic acid groups (broad SMARTS) is 1. The van der Waals surface area contributed by atoms with Crippen molar-refractivity contribution in [3.8, 4) is 11.5 Å². The van der Waals surface area contributed by atoms with Crippen LogP contribution in [0.15, 0.2) is 52.4 Å². The molecule has 1 heterocycles. The highest BCUT2D eigenvalue weighted by atomic mass is 32.2. The maximum atomic E-state index is 12.2. The van der Waals surface area contributed by atoms with Gasteiger partial charge >= 0.3 is 5.97 Å². The Morgan fingerprint density at radius 1 is 1.33 bits per heavy atom. The van der Waals surface area contributed by atoms with E-state index in [1.54, 1.807) is 43.3 Å². The van der Waals surface area contributed by atoms with Crippen LogP contribution in [-0.4, -0.2) is 28.8 Å². The lowest BCUT2D eigenvalue weighted by atomic mass is 10.2. The van der Waals surface area contributed by atoms with Crippen LogP contribution in [0.5, 0.6) is 11.5 Å². The molecule has 2 aromatic carbocycles. The molecule has 0 atom stereocenters. The van der Waals surface area contributed by atoms with Gasteiger partial charge in [-0.25, -0.2) is 9.79 Å².